The Bertz CT molecular complexity index is 680. The van der Waals surface area contributed by atoms with E-state index in [4.69, 9.17) is 4.42 Å². The van der Waals surface area contributed by atoms with E-state index in [0.29, 0.717) is 11.8 Å². The molecule has 0 aliphatic rings. The zero-order valence-corrected chi connectivity index (χ0v) is 11.7. The van der Waals surface area contributed by atoms with Crippen LogP contribution in [-0.4, -0.2) is 18.5 Å². The third-order valence-electron chi connectivity index (χ3n) is 2.80. The van der Waals surface area contributed by atoms with Crippen molar-refractivity contribution < 1.29 is 31.9 Å². The van der Waals surface area contributed by atoms with Crippen molar-refractivity contribution in [2.45, 2.75) is 12.7 Å². The molecule has 1 amide bonds. The molecule has 122 valence electrons. The van der Waals surface area contributed by atoms with Crippen molar-refractivity contribution >= 4 is 11.9 Å². The van der Waals surface area contributed by atoms with Gasteiger partial charge in [0.1, 0.15) is 5.76 Å². The fourth-order valence-electron chi connectivity index (χ4n) is 1.69. The van der Waals surface area contributed by atoms with Crippen LogP contribution < -0.4 is 5.32 Å². The fraction of sp³-hybridized carbons (Fsp3) is 0.200. The number of hydrogen-bond acceptors (Lipinski definition) is 4. The lowest BCUT2D eigenvalue weighted by Crippen LogP contribution is -2.28. The molecule has 0 aliphatic carbocycles. The Balaban J connectivity index is 1.86. The van der Waals surface area contributed by atoms with Crippen molar-refractivity contribution in [1.29, 1.82) is 0 Å². The maximum Gasteiger partial charge on any atom is 0.416 e. The van der Waals surface area contributed by atoms with Gasteiger partial charge in [0.15, 0.2) is 6.61 Å². The fourth-order valence-corrected chi connectivity index (χ4v) is 1.69. The average molecular weight is 327 g/mol. The van der Waals surface area contributed by atoms with Gasteiger partial charge >= 0.3 is 12.1 Å². The summed E-state index contributed by atoms with van der Waals surface area (Å²) in [6, 6.07) is 7.08. The van der Waals surface area contributed by atoms with Crippen molar-refractivity contribution in [3.63, 3.8) is 0 Å². The van der Waals surface area contributed by atoms with Crippen LogP contribution >= 0.6 is 0 Å². The van der Waals surface area contributed by atoms with Crippen LogP contribution in [0.1, 0.15) is 21.7 Å². The van der Waals surface area contributed by atoms with Crippen LogP contribution in [0.3, 0.4) is 0 Å². The third kappa shape index (κ3) is 4.87. The second-order valence-electron chi connectivity index (χ2n) is 4.51. The summed E-state index contributed by atoms with van der Waals surface area (Å²) in [5.74, 6) is -1.09. The molecule has 1 N–H and O–H groups in total. The molecule has 0 fully saturated rings. The van der Waals surface area contributed by atoms with Crippen molar-refractivity contribution in [2.75, 3.05) is 6.61 Å². The Morgan fingerprint density at radius 3 is 2.61 bits per heavy atom. The normalized spacial score (nSPS) is 11.1. The highest BCUT2D eigenvalue weighted by atomic mass is 19.4. The van der Waals surface area contributed by atoms with E-state index < -0.39 is 30.2 Å². The predicted molar refractivity (Wildman–Crippen MR) is 72.3 cm³/mol. The maximum atomic E-state index is 12.6. The molecule has 2 rings (SSSR count). The van der Waals surface area contributed by atoms with E-state index in [1.54, 1.807) is 12.1 Å². The minimum absolute atomic E-state index is 0.118. The molecule has 1 aromatic heterocycles. The van der Waals surface area contributed by atoms with Gasteiger partial charge in [-0.15, -0.1) is 0 Å². The third-order valence-corrected chi connectivity index (χ3v) is 2.80. The first-order chi connectivity index (χ1) is 10.9. The van der Waals surface area contributed by atoms with Gasteiger partial charge in [-0.3, -0.25) is 4.79 Å². The number of carbonyl (C=O) groups is 2. The van der Waals surface area contributed by atoms with E-state index in [-0.39, 0.29) is 12.1 Å². The van der Waals surface area contributed by atoms with Gasteiger partial charge in [-0.1, -0.05) is 6.07 Å². The summed E-state index contributed by atoms with van der Waals surface area (Å²) in [6.07, 6.45) is -3.12. The Morgan fingerprint density at radius 1 is 1.17 bits per heavy atom. The summed E-state index contributed by atoms with van der Waals surface area (Å²) in [5.41, 5.74) is -1.24. The molecule has 0 saturated heterocycles. The van der Waals surface area contributed by atoms with Crippen LogP contribution in [0.4, 0.5) is 13.2 Å². The van der Waals surface area contributed by atoms with E-state index >= 15 is 0 Å². The van der Waals surface area contributed by atoms with Gasteiger partial charge in [0.25, 0.3) is 5.91 Å². The molecule has 0 unspecified atom stereocenters. The summed E-state index contributed by atoms with van der Waals surface area (Å²) < 4.78 is 47.3. The van der Waals surface area contributed by atoms with E-state index in [0.717, 1.165) is 12.1 Å². The van der Waals surface area contributed by atoms with E-state index in [1.165, 1.54) is 12.3 Å². The molecule has 0 saturated carbocycles. The number of esters is 1. The van der Waals surface area contributed by atoms with E-state index in [1.807, 2.05) is 0 Å². The van der Waals surface area contributed by atoms with Crippen LogP contribution in [0.5, 0.6) is 0 Å². The average Bonchev–Trinajstić information content (AvgIpc) is 3.03. The minimum Gasteiger partial charge on any atom is -0.467 e. The van der Waals surface area contributed by atoms with Crippen molar-refractivity contribution in [2.24, 2.45) is 0 Å². The van der Waals surface area contributed by atoms with Gasteiger partial charge in [0.05, 0.1) is 23.9 Å². The molecule has 0 aliphatic heterocycles. The number of benzene rings is 1. The number of alkyl halides is 3. The number of hydrogen-bond donors (Lipinski definition) is 1. The second kappa shape index (κ2) is 6.99. The number of halogens is 3. The van der Waals surface area contributed by atoms with Crippen LogP contribution in [0.15, 0.2) is 47.1 Å². The van der Waals surface area contributed by atoms with Crippen molar-refractivity contribution in [3.8, 4) is 0 Å². The minimum atomic E-state index is -4.56. The Labute approximate surface area is 129 Å². The Hall–Kier alpha value is -2.77. The lowest BCUT2D eigenvalue weighted by Gasteiger charge is -2.09. The first-order valence-electron chi connectivity index (χ1n) is 6.50. The molecule has 8 heteroatoms. The number of rotatable bonds is 5. The Morgan fingerprint density at radius 2 is 1.96 bits per heavy atom. The van der Waals surface area contributed by atoms with Gasteiger partial charge in [-0.05, 0) is 30.3 Å². The standard InChI is InChI=1S/C15H12F3NO4/c16-15(17,18)11-4-1-3-10(7-11)14(21)23-9-13(20)19-8-12-5-2-6-22-12/h1-7H,8-9H2,(H,19,20). The van der Waals surface area contributed by atoms with Gasteiger partial charge in [-0.25, -0.2) is 4.79 Å². The lowest BCUT2D eigenvalue weighted by molar-refractivity contribution is -0.137. The van der Waals surface area contributed by atoms with Gasteiger partial charge in [-0.2, -0.15) is 13.2 Å². The molecule has 23 heavy (non-hydrogen) atoms. The first kappa shape index (κ1) is 16.6. The molecule has 5 nitrogen and oxygen atoms in total. The highest BCUT2D eigenvalue weighted by molar-refractivity contribution is 5.91. The molecule has 0 atom stereocenters. The number of amides is 1. The zero-order valence-electron chi connectivity index (χ0n) is 11.7. The predicted octanol–water partition coefficient (Wildman–Crippen LogP) is 2.77. The second-order valence-corrected chi connectivity index (χ2v) is 4.51. The molecule has 0 bridgehead atoms. The van der Waals surface area contributed by atoms with Crippen LogP contribution in [-0.2, 0) is 22.3 Å². The van der Waals surface area contributed by atoms with E-state index in [2.05, 4.69) is 10.1 Å². The number of furan rings is 1. The molecule has 1 aromatic carbocycles. The summed E-state index contributed by atoms with van der Waals surface area (Å²) in [5, 5.41) is 2.44. The van der Waals surface area contributed by atoms with Crippen molar-refractivity contribution in [1.82, 2.24) is 5.32 Å². The maximum absolute atomic E-state index is 12.6. The topological polar surface area (TPSA) is 68.5 Å². The largest absolute Gasteiger partial charge is 0.467 e. The molecular weight excluding hydrogens is 315 g/mol. The van der Waals surface area contributed by atoms with Gasteiger partial charge in [0.2, 0.25) is 0 Å². The lowest BCUT2D eigenvalue weighted by atomic mass is 10.1. The molecule has 0 radical (unpaired) electrons. The van der Waals surface area contributed by atoms with Gasteiger partial charge < -0.3 is 14.5 Å². The SMILES string of the molecule is O=C(COC(=O)c1cccc(C(F)(F)F)c1)NCc1ccco1. The van der Waals surface area contributed by atoms with Crippen molar-refractivity contribution in [3.05, 3.63) is 59.5 Å². The smallest absolute Gasteiger partial charge is 0.416 e. The quantitative estimate of drug-likeness (QED) is 0.858. The monoisotopic (exact) mass is 327 g/mol. The number of nitrogens with one attached hydrogen (secondary N) is 1. The molecule has 1 heterocycles. The van der Waals surface area contributed by atoms with Crippen LogP contribution in [0.25, 0.3) is 0 Å². The Kier molecular flexibility index (Phi) is 5.05. The molecular formula is C15H12F3NO4. The zero-order chi connectivity index (χ0) is 16.9. The summed E-state index contributed by atoms with van der Waals surface area (Å²) in [7, 11) is 0. The van der Waals surface area contributed by atoms with E-state index in [9.17, 15) is 22.8 Å². The highest BCUT2D eigenvalue weighted by Gasteiger charge is 2.31. The highest BCUT2D eigenvalue weighted by Crippen LogP contribution is 2.29. The number of ether oxygens (including phenoxy) is 1. The molecule has 0 spiro atoms. The summed E-state index contributed by atoms with van der Waals surface area (Å²) in [4.78, 5) is 23.2. The molecule has 2 aromatic rings. The van der Waals surface area contributed by atoms with Gasteiger partial charge in [0, 0.05) is 0 Å². The summed E-state index contributed by atoms with van der Waals surface area (Å²) >= 11 is 0. The van der Waals surface area contributed by atoms with Crippen LogP contribution in [0.2, 0.25) is 0 Å². The summed E-state index contributed by atoms with van der Waals surface area (Å²) in [6.45, 7) is -0.483. The first-order valence-corrected chi connectivity index (χ1v) is 6.50. The van der Waals surface area contributed by atoms with Crippen LogP contribution in [0, 0.1) is 0 Å². The number of carbonyl (C=O) groups excluding carboxylic acids is 2.